The lowest BCUT2D eigenvalue weighted by atomic mass is 10.2. The van der Waals surface area contributed by atoms with Crippen LogP contribution in [-0.4, -0.2) is 24.5 Å². The lowest BCUT2D eigenvalue weighted by Gasteiger charge is -2.12. The molecule has 1 aliphatic rings. The Morgan fingerprint density at radius 2 is 1.65 bits per heavy atom. The summed E-state index contributed by atoms with van der Waals surface area (Å²) < 4.78 is 31.2. The molecule has 0 bridgehead atoms. The van der Waals surface area contributed by atoms with Crippen LogP contribution in [0.4, 0.5) is 4.79 Å². The van der Waals surface area contributed by atoms with Crippen LogP contribution in [-0.2, 0) is 21.5 Å². The molecule has 0 aliphatic carbocycles. The zero-order valence-corrected chi connectivity index (χ0v) is 22.4. The maximum atomic E-state index is 12.8. The molecule has 0 N–H and O–H groups in total. The van der Waals surface area contributed by atoms with E-state index in [1.165, 1.54) is 47.4 Å². The fourth-order valence-electron chi connectivity index (χ4n) is 3.00. The van der Waals surface area contributed by atoms with Crippen molar-refractivity contribution in [3.05, 3.63) is 96.4 Å². The predicted molar refractivity (Wildman–Crippen MR) is 141 cm³/mol. The Bertz CT molecular complexity index is 1410. The number of imide groups is 1. The molecule has 11 heteroatoms. The summed E-state index contributed by atoms with van der Waals surface area (Å²) in [6, 6.07) is 17.5. The second kappa shape index (κ2) is 10.3. The molecule has 1 fully saturated rings. The van der Waals surface area contributed by atoms with Crippen LogP contribution in [0.1, 0.15) is 11.1 Å². The van der Waals surface area contributed by atoms with Crippen LogP contribution < -0.4 is 4.18 Å². The molecule has 3 aromatic carbocycles. The third kappa shape index (κ3) is 5.77. The fourth-order valence-corrected chi connectivity index (χ4v) is 5.55. The SMILES string of the molecule is O=C1S/C(=C\c2ccc(OS(=O)(=O)c3ccc(Cl)cc3)c(Cl)c2)C(=O)N1Cc1ccc(I)cc1. The average molecular weight is 646 g/mol. The minimum Gasteiger partial charge on any atom is -0.377 e. The minimum absolute atomic E-state index is 0.0319. The van der Waals surface area contributed by atoms with Gasteiger partial charge in [0.1, 0.15) is 4.90 Å². The molecule has 1 aliphatic heterocycles. The molecular formula is C23H14Cl2INO5S2. The summed E-state index contributed by atoms with van der Waals surface area (Å²) in [4.78, 5) is 26.5. The zero-order chi connectivity index (χ0) is 24.5. The van der Waals surface area contributed by atoms with Crippen molar-refractivity contribution >= 4 is 84.9 Å². The number of halogens is 3. The van der Waals surface area contributed by atoms with Crippen molar-refractivity contribution in [2.45, 2.75) is 11.4 Å². The highest BCUT2D eigenvalue weighted by molar-refractivity contribution is 14.1. The lowest BCUT2D eigenvalue weighted by molar-refractivity contribution is -0.123. The second-order valence-corrected chi connectivity index (χ2v) is 11.7. The van der Waals surface area contributed by atoms with E-state index in [-0.39, 0.29) is 32.4 Å². The summed E-state index contributed by atoms with van der Waals surface area (Å²) in [5.74, 6) is -0.476. The van der Waals surface area contributed by atoms with Crippen molar-refractivity contribution in [3.63, 3.8) is 0 Å². The Morgan fingerprint density at radius 1 is 0.971 bits per heavy atom. The van der Waals surface area contributed by atoms with Crippen LogP contribution in [0.5, 0.6) is 5.75 Å². The number of thioether (sulfide) groups is 1. The van der Waals surface area contributed by atoms with Gasteiger partial charge in [0.2, 0.25) is 0 Å². The molecule has 1 heterocycles. The van der Waals surface area contributed by atoms with Gasteiger partial charge in [-0.25, -0.2) is 0 Å². The number of hydrogen-bond donors (Lipinski definition) is 0. The molecule has 2 amide bonds. The van der Waals surface area contributed by atoms with Crippen LogP contribution in [0.15, 0.2) is 76.5 Å². The smallest absolute Gasteiger partial charge is 0.339 e. The van der Waals surface area contributed by atoms with Crippen molar-refractivity contribution < 1.29 is 22.2 Å². The quantitative estimate of drug-likeness (QED) is 0.171. The molecule has 0 saturated carbocycles. The van der Waals surface area contributed by atoms with E-state index in [4.69, 9.17) is 27.4 Å². The van der Waals surface area contributed by atoms with Crippen LogP contribution >= 0.6 is 57.6 Å². The topological polar surface area (TPSA) is 80.8 Å². The third-order valence-electron chi connectivity index (χ3n) is 4.68. The Balaban J connectivity index is 1.51. The van der Waals surface area contributed by atoms with E-state index < -0.39 is 16.0 Å². The van der Waals surface area contributed by atoms with Crippen LogP contribution in [0.25, 0.3) is 6.08 Å². The summed E-state index contributed by atoms with van der Waals surface area (Å²) in [6.45, 7) is 0.176. The Labute approximate surface area is 224 Å². The number of rotatable bonds is 6. The molecule has 0 spiro atoms. The summed E-state index contributed by atoms with van der Waals surface area (Å²) >= 11 is 15.1. The van der Waals surface area contributed by atoms with E-state index in [0.29, 0.717) is 10.6 Å². The molecule has 0 radical (unpaired) electrons. The van der Waals surface area contributed by atoms with E-state index in [0.717, 1.165) is 20.9 Å². The molecule has 174 valence electrons. The van der Waals surface area contributed by atoms with Gasteiger partial charge in [0, 0.05) is 8.59 Å². The highest BCUT2D eigenvalue weighted by Crippen LogP contribution is 2.35. The monoisotopic (exact) mass is 645 g/mol. The molecule has 1 saturated heterocycles. The summed E-state index contributed by atoms with van der Waals surface area (Å²) in [5, 5.41) is 0.0589. The molecule has 0 aromatic heterocycles. The molecule has 34 heavy (non-hydrogen) atoms. The van der Waals surface area contributed by atoms with Gasteiger partial charge in [0.05, 0.1) is 16.5 Å². The highest BCUT2D eigenvalue weighted by atomic mass is 127. The first-order valence-electron chi connectivity index (χ1n) is 9.62. The number of nitrogens with zero attached hydrogens (tertiary/aromatic N) is 1. The van der Waals surface area contributed by atoms with E-state index in [1.54, 1.807) is 6.07 Å². The summed E-state index contributed by atoms with van der Waals surface area (Å²) in [7, 11) is -4.11. The molecule has 0 unspecified atom stereocenters. The molecule has 4 rings (SSSR count). The Kier molecular flexibility index (Phi) is 7.58. The van der Waals surface area contributed by atoms with E-state index >= 15 is 0 Å². The Hall–Kier alpha value is -2.05. The maximum absolute atomic E-state index is 12.8. The number of amides is 2. The van der Waals surface area contributed by atoms with Gasteiger partial charge in [-0.05, 0) is 100 Å². The molecule has 0 atom stereocenters. The molecule has 3 aromatic rings. The first-order chi connectivity index (χ1) is 16.1. The van der Waals surface area contributed by atoms with Crippen molar-refractivity contribution in [1.29, 1.82) is 0 Å². The normalized spacial score (nSPS) is 15.3. The number of benzene rings is 3. The molecular weight excluding hydrogens is 632 g/mol. The van der Waals surface area contributed by atoms with Crippen molar-refractivity contribution in [3.8, 4) is 5.75 Å². The number of carbonyl (C=O) groups excluding carboxylic acids is 2. The van der Waals surface area contributed by atoms with Gasteiger partial charge in [0.25, 0.3) is 11.1 Å². The first-order valence-corrected chi connectivity index (χ1v) is 13.7. The van der Waals surface area contributed by atoms with E-state index in [2.05, 4.69) is 22.6 Å². The van der Waals surface area contributed by atoms with Gasteiger partial charge in [0.15, 0.2) is 5.75 Å². The maximum Gasteiger partial charge on any atom is 0.339 e. The van der Waals surface area contributed by atoms with E-state index in [1.807, 2.05) is 24.3 Å². The van der Waals surface area contributed by atoms with Gasteiger partial charge >= 0.3 is 10.1 Å². The summed E-state index contributed by atoms with van der Waals surface area (Å²) in [6.07, 6.45) is 1.53. The fraction of sp³-hybridized carbons (Fsp3) is 0.0435. The van der Waals surface area contributed by atoms with Gasteiger partial charge < -0.3 is 4.18 Å². The number of carbonyl (C=O) groups is 2. The van der Waals surface area contributed by atoms with Gasteiger partial charge in [-0.2, -0.15) is 8.42 Å². The highest BCUT2D eigenvalue weighted by Gasteiger charge is 2.35. The van der Waals surface area contributed by atoms with E-state index in [9.17, 15) is 18.0 Å². The lowest BCUT2D eigenvalue weighted by Crippen LogP contribution is -2.27. The van der Waals surface area contributed by atoms with Gasteiger partial charge in [-0.3, -0.25) is 14.5 Å². The van der Waals surface area contributed by atoms with Gasteiger partial charge in [-0.15, -0.1) is 0 Å². The standard InChI is InChI=1S/C23H14Cl2INO5S2/c24-16-4-8-18(9-5-16)34(30,31)32-20-10-3-15(11-19(20)25)12-21-22(28)27(23(29)33-21)13-14-1-6-17(26)7-2-14/h1-12H,13H2/b21-12-. The van der Waals surface area contributed by atoms with Crippen LogP contribution in [0.3, 0.4) is 0 Å². The number of hydrogen-bond acceptors (Lipinski definition) is 6. The van der Waals surface area contributed by atoms with Crippen molar-refractivity contribution in [2.75, 3.05) is 0 Å². The predicted octanol–water partition coefficient (Wildman–Crippen LogP) is 6.60. The van der Waals surface area contributed by atoms with Crippen molar-refractivity contribution in [2.24, 2.45) is 0 Å². The Morgan fingerprint density at radius 3 is 2.29 bits per heavy atom. The summed E-state index contributed by atoms with van der Waals surface area (Å²) in [5.41, 5.74) is 1.36. The largest absolute Gasteiger partial charge is 0.377 e. The van der Waals surface area contributed by atoms with Crippen molar-refractivity contribution in [1.82, 2.24) is 4.90 Å². The second-order valence-electron chi connectivity index (χ2n) is 7.08. The van der Waals surface area contributed by atoms with Gasteiger partial charge in [-0.1, -0.05) is 41.4 Å². The molecule has 6 nitrogen and oxygen atoms in total. The minimum atomic E-state index is -4.11. The first kappa shape index (κ1) is 25.1. The van der Waals surface area contributed by atoms with Crippen LogP contribution in [0, 0.1) is 3.57 Å². The average Bonchev–Trinajstić information content (AvgIpc) is 3.04. The zero-order valence-electron chi connectivity index (χ0n) is 17.1. The van der Waals surface area contributed by atoms with Crippen LogP contribution in [0.2, 0.25) is 10.0 Å². The third-order valence-corrected chi connectivity index (χ3v) is 8.11.